The molecule has 0 saturated carbocycles. The summed E-state index contributed by atoms with van der Waals surface area (Å²) in [5, 5.41) is 2.93. The van der Waals surface area contributed by atoms with Gasteiger partial charge in [-0.1, -0.05) is 18.2 Å². The summed E-state index contributed by atoms with van der Waals surface area (Å²) in [4.78, 5) is 42.4. The number of anilines is 1. The Hall–Kier alpha value is -3.42. The molecule has 0 radical (unpaired) electrons. The summed E-state index contributed by atoms with van der Waals surface area (Å²) in [7, 11) is 1.51. The van der Waals surface area contributed by atoms with Gasteiger partial charge in [-0.25, -0.2) is 14.3 Å². The lowest BCUT2D eigenvalue weighted by Crippen LogP contribution is -2.42. The molecule has 0 aliphatic carbocycles. The van der Waals surface area contributed by atoms with Crippen LogP contribution in [0.1, 0.15) is 18.1 Å². The number of nitrogens with one attached hydrogen (secondary N) is 1. The van der Waals surface area contributed by atoms with Gasteiger partial charge in [0.2, 0.25) is 5.91 Å². The molecule has 8 nitrogen and oxygen atoms in total. The number of aromatic nitrogens is 3. The van der Waals surface area contributed by atoms with Gasteiger partial charge in [-0.3, -0.25) is 14.2 Å². The zero-order valence-electron chi connectivity index (χ0n) is 16.3. The molecule has 0 fully saturated rings. The third-order valence-corrected chi connectivity index (χ3v) is 4.49. The van der Waals surface area contributed by atoms with Crippen LogP contribution in [0.25, 0.3) is 11.0 Å². The van der Waals surface area contributed by atoms with Crippen LogP contribution in [0.5, 0.6) is 5.75 Å². The first-order valence-corrected chi connectivity index (χ1v) is 8.92. The quantitative estimate of drug-likeness (QED) is 0.725. The van der Waals surface area contributed by atoms with E-state index < -0.39 is 23.7 Å². The number of rotatable bonds is 5. The number of para-hydroxylation sites is 1. The third-order valence-electron chi connectivity index (χ3n) is 4.49. The van der Waals surface area contributed by atoms with Crippen molar-refractivity contribution in [2.24, 2.45) is 7.05 Å². The van der Waals surface area contributed by atoms with Gasteiger partial charge in [0.15, 0.2) is 5.65 Å². The first-order valence-electron chi connectivity index (χ1n) is 8.92. The Bertz CT molecular complexity index is 1180. The molecule has 3 aromatic rings. The van der Waals surface area contributed by atoms with E-state index in [4.69, 9.17) is 4.74 Å². The van der Waals surface area contributed by atoms with Gasteiger partial charge >= 0.3 is 5.69 Å². The number of aryl methyl sites for hydroxylation is 3. The fraction of sp³-hybridized carbons (Fsp3) is 0.300. The van der Waals surface area contributed by atoms with Gasteiger partial charge in [0, 0.05) is 24.5 Å². The second-order valence-corrected chi connectivity index (χ2v) is 6.50. The highest BCUT2D eigenvalue weighted by Crippen LogP contribution is 2.24. The Morgan fingerprint density at radius 2 is 1.89 bits per heavy atom. The lowest BCUT2D eigenvalue weighted by molar-refractivity contribution is -0.116. The van der Waals surface area contributed by atoms with Crippen molar-refractivity contribution in [1.82, 2.24) is 14.1 Å². The lowest BCUT2D eigenvalue weighted by atomic mass is 10.2. The number of pyridine rings is 1. The summed E-state index contributed by atoms with van der Waals surface area (Å²) in [6.07, 6.45) is 1.56. The van der Waals surface area contributed by atoms with Crippen LogP contribution in [0, 0.1) is 13.8 Å². The second-order valence-electron chi connectivity index (χ2n) is 6.50. The number of fused-ring (bicyclic) bond motifs is 1. The van der Waals surface area contributed by atoms with E-state index in [0.717, 1.165) is 10.1 Å². The fourth-order valence-electron chi connectivity index (χ4n) is 3.04. The van der Waals surface area contributed by atoms with Crippen LogP contribution < -0.4 is 21.3 Å². The average Bonchev–Trinajstić information content (AvgIpc) is 2.67. The molecule has 0 unspecified atom stereocenters. The summed E-state index contributed by atoms with van der Waals surface area (Å²) in [5.74, 6) is -0.0902. The Morgan fingerprint density at radius 1 is 1.18 bits per heavy atom. The van der Waals surface area contributed by atoms with Crippen LogP contribution in [0.3, 0.4) is 0 Å². The van der Waals surface area contributed by atoms with E-state index in [1.165, 1.54) is 11.6 Å². The van der Waals surface area contributed by atoms with E-state index in [1.807, 2.05) is 26.0 Å². The van der Waals surface area contributed by atoms with Crippen molar-refractivity contribution in [2.75, 3.05) is 11.9 Å². The molecule has 1 N–H and O–H groups in total. The summed E-state index contributed by atoms with van der Waals surface area (Å²) >= 11 is 0. The standard InChI is InChI=1S/C20H22N4O4/c1-5-28-17-13(3)10-21-18-16(17)19(26)24(20(27)23(18)4)11-15(25)22-14-9-7-6-8-12(14)2/h6-10H,5,11H2,1-4H3,(H,22,25). The molecule has 1 aromatic carbocycles. The van der Waals surface area contributed by atoms with Crippen LogP contribution in [0.2, 0.25) is 0 Å². The summed E-state index contributed by atoms with van der Waals surface area (Å²) in [5.41, 5.74) is 1.20. The SMILES string of the molecule is CCOc1c(C)cnc2c1c(=O)n(CC(=O)Nc1ccccc1C)c(=O)n2C. The molecule has 8 heteroatoms. The Labute approximate surface area is 161 Å². The molecule has 0 saturated heterocycles. The zero-order valence-corrected chi connectivity index (χ0v) is 16.3. The number of hydrogen-bond donors (Lipinski definition) is 1. The molecular weight excluding hydrogens is 360 g/mol. The molecule has 2 aromatic heterocycles. The number of amides is 1. The molecule has 0 spiro atoms. The predicted molar refractivity (Wildman–Crippen MR) is 107 cm³/mol. The van der Waals surface area contributed by atoms with Crippen LogP contribution in [-0.2, 0) is 18.4 Å². The van der Waals surface area contributed by atoms with Gasteiger partial charge in [-0.15, -0.1) is 0 Å². The van der Waals surface area contributed by atoms with Gasteiger partial charge in [0.1, 0.15) is 17.7 Å². The highest BCUT2D eigenvalue weighted by Gasteiger charge is 2.19. The van der Waals surface area contributed by atoms with Crippen molar-refractivity contribution in [3.63, 3.8) is 0 Å². The van der Waals surface area contributed by atoms with E-state index in [2.05, 4.69) is 10.3 Å². The molecule has 0 aliphatic heterocycles. The molecule has 0 bridgehead atoms. The van der Waals surface area contributed by atoms with Crippen molar-refractivity contribution in [1.29, 1.82) is 0 Å². The second kappa shape index (κ2) is 7.67. The van der Waals surface area contributed by atoms with E-state index >= 15 is 0 Å². The number of benzene rings is 1. The Kier molecular flexibility index (Phi) is 5.30. The smallest absolute Gasteiger partial charge is 0.332 e. The van der Waals surface area contributed by atoms with Gasteiger partial charge in [-0.05, 0) is 32.4 Å². The number of hydrogen-bond acceptors (Lipinski definition) is 5. The highest BCUT2D eigenvalue weighted by molar-refractivity contribution is 5.91. The van der Waals surface area contributed by atoms with Gasteiger partial charge in [-0.2, -0.15) is 0 Å². The summed E-state index contributed by atoms with van der Waals surface area (Å²) in [6, 6.07) is 7.28. The summed E-state index contributed by atoms with van der Waals surface area (Å²) < 4.78 is 7.78. The fourth-order valence-corrected chi connectivity index (χ4v) is 3.04. The maximum absolute atomic E-state index is 13.1. The number of ether oxygens (including phenoxy) is 1. The van der Waals surface area contributed by atoms with E-state index in [1.54, 1.807) is 25.3 Å². The largest absolute Gasteiger partial charge is 0.493 e. The molecule has 2 heterocycles. The van der Waals surface area contributed by atoms with Crippen LogP contribution in [-0.4, -0.2) is 26.6 Å². The maximum Gasteiger partial charge on any atom is 0.332 e. The van der Waals surface area contributed by atoms with Crippen molar-refractivity contribution in [3.05, 3.63) is 62.4 Å². The minimum atomic E-state index is -0.615. The average molecular weight is 382 g/mol. The molecule has 1 amide bonds. The highest BCUT2D eigenvalue weighted by atomic mass is 16.5. The third kappa shape index (κ3) is 3.40. The van der Waals surface area contributed by atoms with Gasteiger partial charge in [0.05, 0.1) is 6.61 Å². The van der Waals surface area contributed by atoms with Crippen LogP contribution in [0.4, 0.5) is 5.69 Å². The van der Waals surface area contributed by atoms with Crippen LogP contribution in [0.15, 0.2) is 40.1 Å². The van der Waals surface area contributed by atoms with Crippen LogP contribution >= 0.6 is 0 Å². The lowest BCUT2D eigenvalue weighted by Gasteiger charge is -2.14. The minimum Gasteiger partial charge on any atom is -0.493 e. The maximum atomic E-state index is 13.1. The molecule has 3 rings (SSSR count). The monoisotopic (exact) mass is 382 g/mol. The normalized spacial score (nSPS) is 10.9. The molecule has 28 heavy (non-hydrogen) atoms. The molecule has 146 valence electrons. The number of carbonyl (C=O) groups is 1. The topological polar surface area (TPSA) is 95.2 Å². The van der Waals surface area contributed by atoms with Gasteiger partial charge < -0.3 is 10.1 Å². The van der Waals surface area contributed by atoms with Crippen molar-refractivity contribution in [3.8, 4) is 5.75 Å². The van der Waals surface area contributed by atoms with E-state index in [-0.39, 0.29) is 11.0 Å². The summed E-state index contributed by atoms with van der Waals surface area (Å²) in [6.45, 7) is 5.39. The molecule has 0 aliphatic rings. The Balaban J connectivity index is 2.10. The van der Waals surface area contributed by atoms with E-state index in [9.17, 15) is 14.4 Å². The number of carbonyl (C=O) groups excluding carboxylic acids is 1. The number of nitrogens with zero attached hydrogens (tertiary/aromatic N) is 3. The molecular formula is C20H22N4O4. The molecule has 0 atom stereocenters. The predicted octanol–water partition coefficient (Wildman–Crippen LogP) is 1.75. The van der Waals surface area contributed by atoms with Crippen molar-refractivity contribution >= 4 is 22.6 Å². The van der Waals surface area contributed by atoms with E-state index in [0.29, 0.717) is 23.6 Å². The first kappa shape index (κ1) is 19.3. The van der Waals surface area contributed by atoms with Crippen molar-refractivity contribution in [2.45, 2.75) is 27.3 Å². The Morgan fingerprint density at radius 3 is 2.57 bits per heavy atom. The first-order chi connectivity index (χ1) is 13.3. The zero-order chi connectivity index (χ0) is 20.4. The van der Waals surface area contributed by atoms with Crippen molar-refractivity contribution < 1.29 is 9.53 Å². The minimum absolute atomic E-state index is 0.188. The van der Waals surface area contributed by atoms with Gasteiger partial charge in [0.25, 0.3) is 5.56 Å².